The molecular formula is C15H20N2O2. The molecule has 0 fully saturated rings. The topological polar surface area (TPSA) is 60.4 Å². The highest BCUT2D eigenvalue weighted by atomic mass is 16.5. The van der Waals surface area contributed by atoms with Gasteiger partial charge >= 0.3 is 0 Å². The first-order chi connectivity index (χ1) is 9.20. The van der Waals surface area contributed by atoms with E-state index in [2.05, 4.69) is 12.2 Å². The van der Waals surface area contributed by atoms with Crippen molar-refractivity contribution in [3.63, 3.8) is 0 Å². The van der Waals surface area contributed by atoms with Gasteiger partial charge in [-0.25, -0.2) is 0 Å². The quantitative estimate of drug-likeness (QED) is 0.775. The van der Waals surface area contributed by atoms with Gasteiger partial charge in [0.2, 0.25) is 0 Å². The molecule has 3 N–H and O–H groups in total. The summed E-state index contributed by atoms with van der Waals surface area (Å²) < 4.78 is 11.0. The summed E-state index contributed by atoms with van der Waals surface area (Å²) in [6.07, 6.45) is 2.63. The zero-order valence-electron chi connectivity index (χ0n) is 11.3. The summed E-state index contributed by atoms with van der Waals surface area (Å²) in [5, 5.41) is 3.36. The molecule has 1 heterocycles. The Morgan fingerprint density at radius 3 is 2.89 bits per heavy atom. The second-order valence-electron chi connectivity index (χ2n) is 4.48. The van der Waals surface area contributed by atoms with Crippen LogP contribution in [-0.2, 0) is 0 Å². The molecule has 4 nitrogen and oxygen atoms in total. The van der Waals surface area contributed by atoms with Crippen molar-refractivity contribution in [3.05, 3.63) is 42.4 Å². The van der Waals surface area contributed by atoms with E-state index >= 15 is 0 Å². The third-order valence-electron chi connectivity index (χ3n) is 2.83. The fourth-order valence-corrected chi connectivity index (χ4v) is 1.82. The van der Waals surface area contributed by atoms with E-state index in [1.54, 1.807) is 6.26 Å². The zero-order chi connectivity index (χ0) is 13.7. The highest BCUT2D eigenvalue weighted by Gasteiger charge is 2.09. The highest BCUT2D eigenvalue weighted by Crippen LogP contribution is 2.28. The van der Waals surface area contributed by atoms with E-state index in [-0.39, 0.29) is 6.04 Å². The maximum absolute atomic E-state index is 5.88. The van der Waals surface area contributed by atoms with Crippen LogP contribution in [0.4, 0.5) is 11.4 Å². The van der Waals surface area contributed by atoms with Gasteiger partial charge in [0.25, 0.3) is 0 Å². The van der Waals surface area contributed by atoms with Crippen LogP contribution in [0.2, 0.25) is 0 Å². The third kappa shape index (κ3) is 3.44. The minimum Gasteiger partial charge on any atom is -0.491 e. The van der Waals surface area contributed by atoms with Crippen LogP contribution in [-0.4, -0.2) is 6.61 Å². The van der Waals surface area contributed by atoms with Gasteiger partial charge in [-0.3, -0.25) is 0 Å². The molecule has 0 saturated carbocycles. The van der Waals surface area contributed by atoms with Crippen molar-refractivity contribution < 1.29 is 9.15 Å². The van der Waals surface area contributed by atoms with Crippen LogP contribution in [0.1, 0.15) is 32.1 Å². The molecule has 1 atom stereocenters. The SMILES string of the molecule is CCCOc1cc(NC(C)c2ccco2)ccc1N. The predicted molar refractivity (Wildman–Crippen MR) is 77.4 cm³/mol. The first-order valence-electron chi connectivity index (χ1n) is 6.53. The summed E-state index contributed by atoms with van der Waals surface area (Å²) >= 11 is 0. The van der Waals surface area contributed by atoms with Gasteiger partial charge in [-0.2, -0.15) is 0 Å². The number of furan rings is 1. The van der Waals surface area contributed by atoms with E-state index in [4.69, 9.17) is 14.9 Å². The molecule has 1 aromatic heterocycles. The molecular weight excluding hydrogens is 240 g/mol. The summed E-state index contributed by atoms with van der Waals surface area (Å²) in [6.45, 7) is 4.78. The minimum absolute atomic E-state index is 0.0950. The predicted octanol–water partition coefficient (Wildman–Crippen LogP) is 3.82. The number of nitrogen functional groups attached to an aromatic ring is 1. The largest absolute Gasteiger partial charge is 0.491 e. The third-order valence-corrected chi connectivity index (χ3v) is 2.83. The lowest BCUT2D eigenvalue weighted by Gasteiger charge is -2.15. The average molecular weight is 260 g/mol. The van der Waals surface area contributed by atoms with E-state index in [0.717, 1.165) is 23.6 Å². The number of hydrogen-bond acceptors (Lipinski definition) is 4. The molecule has 0 aliphatic heterocycles. The second-order valence-corrected chi connectivity index (χ2v) is 4.48. The number of benzene rings is 1. The zero-order valence-corrected chi connectivity index (χ0v) is 11.3. The molecule has 19 heavy (non-hydrogen) atoms. The fourth-order valence-electron chi connectivity index (χ4n) is 1.82. The Kier molecular flexibility index (Phi) is 4.34. The summed E-state index contributed by atoms with van der Waals surface area (Å²) in [4.78, 5) is 0. The van der Waals surface area contributed by atoms with Gasteiger partial charge in [-0.05, 0) is 37.6 Å². The molecule has 0 bridgehead atoms. The van der Waals surface area contributed by atoms with Gasteiger partial charge in [-0.15, -0.1) is 0 Å². The molecule has 102 valence electrons. The highest BCUT2D eigenvalue weighted by molar-refractivity contribution is 5.61. The van der Waals surface area contributed by atoms with E-state index < -0.39 is 0 Å². The number of rotatable bonds is 6. The number of ether oxygens (including phenoxy) is 1. The van der Waals surface area contributed by atoms with Crippen LogP contribution in [0.25, 0.3) is 0 Å². The molecule has 1 unspecified atom stereocenters. The standard InChI is InChI=1S/C15H20N2O2/c1-3-8-18-15-10-12(6-7-13(15)16)17-11(2)14-5-4-9-19-14/h4-7,9-11,17H,3,8,16H2,1-2H3. The molecule has 0 amide bonds. The molecule has 0 aliphatic carbocycles. The summed E-state index contributed by atoms with van der Waals surface area (Å²) in [5.74, 6) is 1.62. The smallest absolute Gasteiger partial charge is 0.144 e. The maximum Gasteiger partial charge on any atom is 0.144 e. The summed E-state index contributed by atoms with van der Waals surface area (Å²) in [6, 6.07) is 9.63. The van der Waals surface area contributed by atoms with Gasteiger partial charge in [0.05, 0.1) is 24.6 Å². The molecule has 4 heteroatoms. The number of nitrogens with two attached hydrogens (primary N) is 1. The molecule has 1 aromatic carbocycles. The van der Waals surface area contributed by atoms with Gasteiger partial charge in [0, 0.05) is 11.8 Å². The van der Waals surface area contributed by atoms with Gasteiger partial charge in [0.15, 0.2) is 0 Å². The molecule has 0 saturated heterocycles. The van der Waals surface area contributed by atoms with E-state index in [1.165, 1.54) is 0 Å². The minimum atomic E-state index is 0.0950. The normalized spacial score (nSPS) is 12.1. The second kappa shape index (κ2) is 6.18. The van der Waals surface area contributed by atoms with Crippen molar-refractivity contribution in [2.24, 2.45) is 0 Å². The van der Waals surface area contributed by atoms with Crippen molar-refractivity contribution in [2.45, 2.75) is 26.3 Å². The van der Waals surface area contributed by atoms with Gasteiger partial charge < -0.3 is 20.2 Å². The number of hydrogen-bond donors (Lipinski definition) is 2. The maximum atomic E-state index is 5.88. The Bertz CT molecular complexity index is 509. The summed E-state index contributed by atoms with van der Waals surface area (Å²) in [7, 11) is 0. The van der Waals surface area contributed by atoms with Crippen LogP contribution in [0.3, 0.4) is 0 Å². The fraction of sp³-hybridized carbons (Fsp3) is 0.333. The number of nitrogens with one attached hydrogen (secondary N) is 1. The first kappa shape index (κ1) is 13.3. The monoisotopic (exact) mass is 260 g/mol. The Hall–Kier alpha value is -2.10. The van der Waals surface area contributed by atoms with E-state index in [9.17, 15) is 0 Å². The van der Waals surface area contributed by atoms with Crippen molar-refractivity contribution in [2.75, 3.05) is 17.7 Å². The van der Waals surface area contributed by atoms with Crippen LogP contribution in [0, 0.1) is 0 Å². The van der Waals surface area contributed by atoms with E-state index in [0.29, 0.717) is 12.3 Å². The van der Waals surface area contributed by atoms with Crippen LogP contribution in [0.5, 0.6) is 5.75 Å². The Morgan fingerprint density at radius 2 is 2.21 bits per heavy atom. The molecule has 0 radical (unpaired) electrons. The van der Waals surface area contributed by atoms with Crippen molar-refractivity contribution in [3.8, 4) is 5.75 Å². The van der Waals surface area contributed by atoms with Crippen molar-refractivity contribution in [1.29, 1.82) is 0 Å². The molecule has 0 aliphatic rings. The van der Waals surface area contributed by atoms with Gasteiger partial charge in [0.1, 0.15) is 11.5 Å². The molecule has 2 rings (SSSR count). The van der Waals surface area contributed by atoms with Crippen LogP contribution < -0.4 is 15.8 Å². The Morgan fingerprint density at radius 1 is 1.37 bits per heavy atom. The molecule has 0 spiro atoms. The van der Waals surface area contributed by atoms with Crippen LogP contribution in [0.15, 0.2) is 41.0 Å². The number of anilines is 2. The van der Waals surface area contributed by atoms with Crippen molar-refractivity contribution in [1.82, 2.24) is 0 Å². The Balaban J connectivity index is 2.08. The van der Waals surface area contributed by atoms with Gasteiger partial charge in [-0.1, -0.05) is 6.92 Å². The van der Waals surface area contributed by atoms with Crippen molar-refractivity contribution >= 4 is 11.4 Å². The first-order valence-corrected chi connectivity index (χ1v) is 6.53. The average Bonchev–Trinajstić information content (AvgIpc) is 2.93. The molecule has 2 aromatic rings. The lowest BCUT2D eigenvalue weighted by molar-refractivity contribution is 0.319. The lowest BCUT2D eigenvalue weighted by Crippen LogP contribution is -2.06. The lowest BCUT2D eigenvalue weighted by atomic mass is 10.2. The van der Waals surface area contributed by atoms with E-state index in [1.807, 2.05) is 37.3 Å². The summed E-state index contributed by atoms with van der Waals surface area (Å²) in [5.41, 5.74) is 7.50. The van der Waals surface area contributed by atoms with Crippen LogP contribution >= 0.6 is 0 Å². The Labute approximate surface area is 113 Å².